The maximum absolute atomic E-state index is 13.2. The van der Waals surface area contributed by atoms with E-state index in [2.05, 4.69) is 40.6 Å². The van der Waals surface area contributed by atoms with E-state index in [4.69, 9.17) is 0 Å². The molecule has 6 heteroatoms. The highest BCUT2D eigenvalue weighted by Gasteiger charge is 2.49. The molecule has 0 aliphatic carbocycles. The molecule has 4 rings (SSSR count). The number of hydrogen-bond acceptors (Lipinski definition) is 3. The SMILES string of the molecule is CC=Cc1ccc([C@H]2[C@@H](CO)N3CCCCN(C(=O)Nc4ccc(F)cc4)C[C@H]23)cc1. The summed E-state index contributed by atoms with van der Waals surface area (Å²) in [6.45, 7) is 4.34. The first-order chi connectivity index (χ1) is 15.1. The first kappa shape index (κ1) is 21.5. The molecule has 2 aliphatic rings. The molecular weight excluding hydrogens is 393 g/mol. The van der Waals surface area contributed by atoms with Gasteiger partial charge in [0.05, 0.1) is 6.61 Å². The van der Waals surface area contributed by atoms with Crippen molar-refractivity contribution in [1.82, 2.24) is 9.80 Å². The average molecular weight is 424 g/mol. The number of amides is 2. The van der Waals surface area contributed by atoms with E-state index < -0.39 is 0 Å². The Labute approximate surface area is 183 Å². The molecule has 0 radical (unpaired) electrons. The van der Waals surface area contributed by atoms with Gasteiger partial charge in [-0.3, -0.25) is 4.90 Å². The number of anilines is 1. The number of rotatable bonds is 4. The number of allylic oxidation sites excluding steroid dienone is 1. The Balaban J connectivity index is 1.51. The van der Waals surface area contributed by atoms with Crippen molar-refractivity contribution in [3.05, 3.63) is 71.6 Å². The second kappa shape index (κ2) is 9.62. The van der Waals surface area contributed by atoms with Crippen LogP contribution < -0.4 is 5.32 Å². The van der Waals surface area contributed by atoms with Crippen molar-refractivity contribution in [2.45, 2.75) is 37.8 Å². The Kier molecular flexibility index (Phi) is 6.68. The summed E-state index contributed by atoms with van der Waals surface area (Å²) in [5, 5.41) is 13.0. The van der Waals surface area contributed by atoms with Crippen LogP contribution in [0.1, 0.15) is 36.8 Å². The van der Waals surface area contributed by atoms with E-state index in [1.165, 1.54) is 17.7 Å². The largest absolute Gasteiger partial charge is 0.395 e. The summed E-state index contributed by atoms with van der Waals surface area (Å²) >= 11 is 0. The highest BCUT2D eigenvalue weighted by molar-refractivity contribution is 5.89. The fourth-order valence-corrected chi connectivity index (χ4v) is 4.88. The molecular formula is C25H30FN3O2. The second-order valence-corrected chi connectivity index (χ2v) is 8.34. The summed E-state index contributed by atoms with van der Waals surface area (Å²) in [5.74, 6) is -0.142. The summed E-state index contributed by atoms with van der Waals surface area (Å²) in [4.78, 5) is 17.2. The Bertz CT molecular complexity index is 913. The standard InChI is InChI=1S/C25H30FN3O2/c1-2-5-18-6-8-19(9-7-18)24-22-16-28(14-3-4-15-29(22)23(24)17-30)25(31)27-21-12-10-20(26)11-13-21/h2,5-13,22-24,30H,3-4,14-17H2,1H3,(H,27,31)/t22-,23-,24-/m1/s1. The minimum Gasteiger partial charge on any atom is -0.395 e. The van der Waals surface area contributed by atoms with Crippen molar-refractivity contribution >= 4 is 17.8 Å². The number of halogens is 1. The molecule has 2 amide bonds. The molecule has 2 aromatic carbocycles. The molecule has 31 heavy (non-hydrogen) atoms. The Morgan fingerprint density at radius 3 is 2.52 bits per heavy atom. The first-order valence-corrected chi connectivity index (χ1v) is 11.0. The summed E-state index contributed by atoms with van der Waals surface area (Å²) in [5.41, 5.74) is 2.94. The molecule has 0 saturated carbocycles. The lowest BCUT2D eigenvalue weighted by molar-refractivity contribution is -0.0585. The number of nitrogens with zero attached hydrogens (tertiary/aromatic N) is 2. The Morgan fingerprint density at radius 2 is 1.84 bits per heavy atom. The zero-order chi connectivity index (χ0) is 21.8. The van der Waals surface area contributed by atoms with E-state index in [0.29, 0.717) is 18.8 Å². The van der Waals surface area contributed by atoms with Gasteiger partial charge in [0.2, 0.25) is 0 Å². The molecule has 0 unspecified atom stereocenters. The molecule has 2 aromatic rings. The van der Waals surface area contributed by atoms with Crippen LogP contribution in [0.4, 0.5) is 14.9 Å². The number of aliphatic hydroxyl groups excluding tert-OH is 1. The summed E-state index contributed by atoms with van der Waals surface area (Å²) in [6.07, 6.45) is 5.99. The summed E-state index contributed by atoms with van der Waals surface area (Å²) < 4.78 is 13.2. The highest BCUT2D eigenvalue weighted by Crippen LogP contribution is 2.42. The smallest absolute Gasteiger partial charge is 0.321 e. The van der Waals surface area contributed by atoms with Gasteiger partial charge in [-0.15, -0.1) is 0 Å². The van der Waals surface area contributed by atoms with Crippen LogP contribution >= 0.6 is 0 Å². The fraction of sp³-hybridized carbons (Fsp3) is 0.400. The average Bonchev–Trinajstić information content (AvgIpc) is 2.75. The van der Waals surface area contributed by atoms with Crippen molar-refractivity contribution in [1.29, 1.82) is 0 Å². The third kappa shape index (κ3) is 4.65. The van der Waals surface area contributed by atoms with Crippen LogP contribution in [0, 0.1) is 5.82 Å². The third-order valence-electron chi connectivity index (χ3n) is 6.43. The van der Waals surface area contributed by atoms with Gasteiger partial charge in [0.15, 0.2) is 0 Å². The lowest BCUT2D eigenvalue weighted by atomic mass is 9.74. The van der Waals surface area contributed by atoms with E-state index in [-0.39, 0.29) is 36.5 Å². The summed E-state index contributed by atoms with van der Waals surface area (Å²) in [7, 11) is 0. The topological polar surface area (TPSA) is 55.8 Å². The zero-order valence-electron chi connectivity index (χ0n) is 17.9. The molecule has 0 aromatic heterocycles. The molecule has 164 valence electrons. The predicted molar refractivity (Wildman–Crippen MR) is 121 cm³/mol. The van der Waals surface area contributed by atoms with Gasteiger partial charge < -0.3 is 15.3 Å². The van der Waals surface area contributed by atoms with Crippen LogP contribution in [-0.2, 0) is 0 Å². The lowest BCUT2D eigenvalue weighted by Gasteiger charge is -2.57. The fourth-order valence-electron chi connectivity index (χ4n) is 4.88. The molecule has 0 spiro atoms. The summed E-state index contributed by atoms with van der Waals surface area (Å²) in [6, 6.07) is 14.4. The molecule has 0 bridgehead atoms. The molecule has 2 heterocycles. The quantitative estimate of drug-likeness (QED) is 0.770. The van der Waals surface area contributed by atoms with Crippen LogP contribution in [-0.4, -0.2) is 59.3 Å². The highest BCUT2D eigenvalue weighted by atomic mass is 19.1. The minimum absolute atomic E-state index is 0.0812. The normalized spacial score (nSPS) is 24.2. The molecule has 2 saturated heterocycles. The number of fused-ring (bicyclic) bond motifs is 1. The van der Waals surface area contributed by atoms with Gasteiger partial charge in [0.1, 0.15) is 5.82 Å². The van der Waals surface area contributed by atoms with E-state index >= 15 is 0 Å². The maximum Gasteiger partial charge on any atom is 0.321 e. The van der Waals surface area contributed by atoms with E-state index in [1.807, 2.05) is 17.9 Å². The van der Waals surface area contributed by atoms with Gasteiger partial charge in [-0.2, -0.15) is 0 Å². The van der Waals surface area contributed by atoms with Gasteiger partial charge in [-0.1, -0.05) is 36.4 Å². The maximum atomic E-state index is 13.2. The number of carbonyl (C=O) groups excluding carboxylic acids is 1. The predicted octanol–water partition coefficient (Wildman–Crippen LogP) is 4.32. The number of carbonyl (C=O) groups is 1. The van der Waals surface area contributed by atoms with Gasteiger partial charge in [-0.05, 0) is 61.7 Å². The molecule has 2 N–H and O–H groups in total. The monoisotopic (exact) mass is 423 g/mol. The van der Waals surface area contributed by atoms with Crippen molar-refractivity contribution in [3.63, 3.8) is 0 Å². The van der Waals surface area contributed by atoms with Gasteiger partial charge in [-0.25, -0.2) is 9.18 Å². The zero-order valence-corrected chi connectivity index (χ0v) is 17.9. The molecule has 5 nitrogen and oxygen atoms in total. The second-order valence-electron chi connectivity index (χ2n) is 8.34. The lowest BCUT2D eigenvalue weighted by Crippen LogP contribution is -2.68. The number of nitrogens with one attached hydrogen (secondary N) is 1. The third-order valence-corrected chi connectivity index (χ3v) is 6.43. The van der Waals surface area contributed by atoms with Crippen LogP contribution in [0.5, 0.6) is 0 Å². The number of benzene rings is 2. The van der Waals surface area contributed by atoms with Crippen molar-refractivity contribution in [3.8, 4) is 0 Å². The van der Waals surface area contributed by atoms with E-state index in [0.717, 1.165) is 24.9 Å². The minimum atomic E-state index is -0.326. The molecule has 3 atom stereocenters. The van der Waals surface area contributed by atoms with Crippen molar-refractivity contribution < 1.29 is 14.3 Å². The van der Waals surface area contributed by atoms with Crippen LogP contribution in [0.2, 0.25) is 0 Å². The number of urea groups is 1. The van der Waals surface area contributed by atoms with Crippen molar-refractivity contribution in [2.75, 3.05) is 31.6 Å². The van der Waals surface area contributed by atoms with Gasteiger partial charge >= 0.3 is 6.03 Å². The Hall–Kier alpha value is -2.70. The van der Waals surface area contributed by atoms with E-state index in [9.17, 15) is 14.3 Å². The van der Waals surface area contributed by atoms with Crippen LogP contribution in [0.25, 0.3) is 6.08 Å². The van der Waals surface area contributed by atoms with Gasteiger partial charge in [0, 0.05) is 36.8 Å². The van der Waals surface area contributed by atoms with E-state index in [1.54, 1.807) is 12.1 Å². The Morgan fingerprint density at radius 1 is 1.13 bits per heavy atom. The van der Waals surface area contributed by atoms with Crippen LogP contribution in [0.15, 0.2) is 54.6 Å². The van der Waals surface area contributed by atoms with Crippen LogP contribution in [0.3, 0.4) is 0 Å². The molecule has 2 fully saturated rings. The number of aliphatic hydroxyl groups is 1. The van der Waals surface area contributed by atoms with Gasteiger partial charge in [0.25, 0.3) is 0 Å². The first-order valence-electron chi connectivity index (χ1n) is 11.0. The number of hydrogen-bond donors (Lipinski definition) is 2. The van der Waals surface area contributed by atoms with Crippen molar-refractivity contribution in [2.24, 2.45) is 0 Å². The molecule has 2 aliphatic heterocycles.